The Balaban J connectivity index is 1.46. The Morgan fingerprint density at radius 3 is 2.56 bits per heavy atom. The number of urea groups is 1. The molecule has 7 nitrogen and oxygen atoms in total. The summed E-state index contributed by atoms with van der Waals surface area (Å²) in [6, 6.07) is 8.10. The summed E-state index contributed by atoms with van der Waals surface area (Å²) in [6.07, 6.45) is 5.40. The predicted molar refractivity (Wildman–Crippen MR) is 97.0 cm³/mol. The molecule has 0 unspecified atom stereocenters. The van der Waals surface area contributed by atoms with Crippen molar-refractivity contribution < 1.29 is 9.53 Å². The first-order valence-corrected chi connectivity index (χ1v) is 8.56. The normalized spacial score (nSPS) is 15.8. The molecule has 0 bridgehead atoms. The number of carbonyl (C=O) groups is 1. The summed E-state index contributed by atoms with van der Waals surface area (Å²) in [7, 11) is 1.67. The zero-order valence-corrected chi connectivity index (χ0v) is 14.8. The van der Waals surface area contributed by atoms with Crippen LogP contribution in [0, 0.1) is 0 Å². The highest BCUT2D eigenvalue weighted by atomic mass is 16.5. The van der Waals surface area contributed by atoms with E-state index < -0.39 is 0 Å². The number of amides is 2. The van der Waals surface area contributed by atoms with Crippen molar-refractivity contribution in [1.29, 1.82) is 0 Å². The SMILES string of the molecule is COc1ccc(N2CCN(C(=O)N[C@H](C)Cn3ccnc3)CC2)cc1. The highest BCUT2D eigenvalue weighted by Crippen LogP contribution is 2.20. The number of rotatable bonds is 5. The van der Waals surface area contributed by atoms with Crippen molar-refractivity contribution in [2.75, 3.05) is 38.2 Å². The van der Waals surface area contributed by atoms with E-state index >= 15 is 0 Å². The van der Waals surface area contributed by atoms with Gasteiger partial charge < -0.3 is 24.4 Å². The number of aromatic nitrogens is 2. The van der Waals surface area contributed by atoms with Crippen LogP contribution in [0.2, 0.25) is 0 Å². The maximum Gasteiger partial charge on any atom is 0.317 e. The van der Waals surface area contributed by atoms with Gasteiger partial charge in [0.05, 0.1) is 13.4 Å². The standard InChI is InChI=1S/C18H25N5O2/c1-15(13-21-8-7-19-14-21)20-18(24)23-11-9-22(10-12-23)16-3-5-17(25-2)6-4-16/h3-8,14-15H,9-13H2,1-2H3,(H,20,24)/t15-/m1/s1. The second-order valence-corrected chi connectivity index (χ2v) is 6.28. The van der Waals surface area contributed by atoms with Crippen molar-refractivity contribution >= 4 is 11.7 Å². The molecule has 134 valence electrons. The van der Waals surface area contributed by atoms with Crippen LogP contribution in [0.15, 0.2) is 43.0 Å². The van der Waals surface area contributed by atoms with Gasteiger partial charge in [-0.3, -0.25) is 0 Å². The molecular formula is C18H25N5O2. The maximum absolute atomic E-state index is 12.4. The molecule has 7 heteroatoms. The molecule has 0 radical (unpaired) electrons. The number of hydrogen-bond acceptors (Lipinski definition) is 4. The highest BCUT2D eigenvalue weighted by molar-refractivity contribution is 5.74. The summed E-state index contributed by atoms with van der Waals surface area (Å²) in [4.78, 5) is 20.6. The monoisotopic (exact) mass is 343 g/mol. The van der Waals surface area contributed by atoms with Crippen molar-refractivity contribution in [3.8, 4) is 5.75 Å². The summed E-state index contributed by atoms with van der Waals surface area (Å²) in [5.41, 5.74) is 1.16. The maximum atomic E-state index is 12.4. The highest BCUT2D eigenvalue weighted by Gasteiger charge is 2.22. The summed E-state index contributed by atoms with van der Waals surface area (Å²) >= 11 is 0. The Bertz CT molecular complexity index is 663. The van der Waals surface area contributed by atoms with Gasteiger partial charge in [0.25, 0.3) is 0 Å². The van der Waals surface area contributed by atoms with E-state index in [1.54, 1.807) is 19.6 Å². The lowest BCUT2D eigenvalue weighted by Gasteiger charge is -2.36. The number of ether oxygens (including phenoxy) is 1. The largest absolute Gasteiger partial charge is 0.497 e. The van der Waals surface area contributed by atoms with Crippen molar-refractivity contribution in [3.63, 3.8) is 0 Å². The Hall–Kier alpha value is -2.70. The van der Waals surface area contributed by atoms with E-state index in [2.05, 4.69) is 27.3 Å². The van der Waals surface area contributed by atoms with Gasteiger partial charge in [-0.05, 0) is 31.2 Å². The molecule has 1 aliphatic heterocycles. The molecule has 0 spiro atoms. The average Bonchev–Trinajstić information content (AvgIpc) is 3.14. The van der Waals surface area contributed by atoms with Crippen LogP contribution in [0.1, 0.15) is 6.92 Å². The molecule has 2 amide bonds. The molecule has 1 aromatic heterocycles. The van der Waals surface area contributed by atoms with Crippen molar-refractivity contribution in [1.82, 2.24) is 19.8 Å². The summed E-state index contributed by atoms with van der Waals surface area (Å²) < 4.78 is 7.16. The lowest BCUT2D eigenvalue weighted by molar-refractivity contribution is 0.190. The molecule has 3 rings (SSSR count). The smallest absolute Gasteiger partial charge is 0.317 e. The molecule has 1 aromatic carbocycles. The molecular weight excluding hydrogens is 318 g/mol. The fraction of sp³-hybridized carbons (Fsp3) is 0.444. The summed E-state index contributed by atoms with van der Waals surface area (Å²) in [6.45, 7) is 5.82. The van der Waals surface area contributed by atoms with E-state index in [0.717, 1.165) is 44.2 Å². The van der Waals surface area contributed by atoms with Crippen molar-refractivity contribution in [3.05, 3.63) is 43.0 Å². The Kier molecular flexibility index (Phi) is 5.42. The van der Waals surface area contributed by atoms with Gasteiger partial charge in [-0.2, -0.15) is 0 Å². The van der Waals surface area contributed by atoms with Gasteiger partial charge in [0, 0.05) is 56.8 Å². The minimum Gasteiger partial charge on any atom is -0.497 e. The van der Waals surface area contributed by atoms with Crippen LogP contribution < -0.4 is 15.0 Å². The molecule has 1 aliphatic rings. The minimum atomic E-state index is 0.00185. The van der Waals surface area contributed by atoms with Gasteiger partial charge in [0.15, 0.2) is 0 Å². The second-order valence-electron chi connectivity index (χ2n) is 6.28. The molecule has 2 heterocycles. The zero-order valence-electron chi connectivity index (χ0n) is 14.8. The van der Waals surface area contributed by atoms with Crippen LogP contribution in [0.3, 0.4) is 0 Å². The van der Waals surface area contributed by atoms with Gasteiger partial charge in [-0.25, -0.2) is 9.78 Å². The second kappa shape index (κ2) is 7.92. The number of anilines is 1. The third-order valence-corrected chi connectivity index (χ3v) is 4.42. The van der Waals surface area contributed by atoms with Crippen molar-refractivity contribution in [2.24, 2.45) is 0 Å². The molecule has 1 saturated heterocycles. The third kappa shape index (κ3) is 4.43. The predicted octanol–water partition coefficient (Wildman–Crippen LogP) is 1.81. The number of piperazine rings is 1. The molecule has 0 aliphatic carbocycles. The van der Waals surface area contributed by atoms with Crippen LogP contribution in [-0.4, -0.2) is 59.8 Å². The molecule has 1 fully saturated rings. The van der Waals surface area contributed by atoms with E-state index in [-0.39, 0.29) is 12.1 Å². The number of nitrogens with zero attached hydrogens (tertiary/aromatic N) is 4. The molecule has 0 saturated carbocycles. The van der Waals surface area contributed by atoms with Gasteiger partial charge in [0.1, 0.15) is 5.75 Å². The Labute approximate surface area is 148 Å². The summed E-state index contributed by atoms with van der Waals surface area (Å²) in [5.74, 6) is 0.855. The van der Waals surface area contributed by atoms with Crippen LogP contribution in [0.4, 0.5) is 10.5 Å². The van der Waals surface area contributed by atoms with Crippen LogP contribution in [0.5, 0.6) is 5.75 Å². The van der Waals surface area contributed by atoms with E-state index in [4.69, 9.17) is 4.74 Å². The van der Waals surface area contributed by atoms with Gasteiger partial charge >= 0.3 is 6.03 Å². The fourth-order valence-corrected chi connectivity index (χ4v) is 3.02. The number of benzene rings is 1. The first kappa shape index (κ1) is 17.1. The van der Waals surface area contributed by atoms with Crippen LogP contribution in [-0.2, 0) is 6.54 Å². The molecule has 25 heavy (non-hydrogen) atoms. The lowest BCUT2D eigenvalue weighted by atomic mass is 10.2. The molecule has 1 atom stereocenters. The molecule has 1 N–H and O–H groups in total. The number of imidazole rings is 1. The third-order valence-electron chi connectivity index (χ3n) is 4.42. The topological polar surface area (TPSA) is 62.6 Å². The minimum absolute atomic E-state index is 0.00185. The number of hydrogen-bond donors (Lipinski definition) is 1. The first-order valence-electron chi connectivity index (χ1n) is 8.56. The van der Waals surface area contributed by atoms with Gasteiger partial charge in [0.2, 0.25) is 0 Å². The van der Waals surface area contributed by atoms with Crippen LogP contribution in [0.25, 0.3) is 0 Å². The van der Waals surface area contributed by atoms with Gasteiger partial charge in [-0.15, -0.1) is 0 Å². The van der Waals surface area contributed by atoms with E-state index in [9.17, 15) is 4.79 Å². The number of nitrogens with one attached hydrogen (secondary N) is 1. The van der Waals surface area contributed by atoms with Crippen molar-refractivity contribution in [2.45, 2.75) is 19.5 Å². The lowest BCUT2D eigenvalue weighted by Crippen LogP contribution is -2.53. The van der Waals surface area contributed by atoms with Crippen LogP contribution >= 0.6 is 0 Å². The quantitative estimate of drug-likeness (QED) is 0.899. The van der Waals surface area contributed by atoms with E-state index in [0.29, 0.717) is 0 Å². The average molecular weight is 343 g/mol. The first-order chi connectivity index (χ1) is 12.2. The molecule has 2 aromatic rings. The van der Waals surface area contributed by atoms with Gasteiger partial charge in [-0.1, -0.05) is 0 Å². The number of carbonyl (C=O) groups excluding carboxylic acids is 1. The fourth-order valence-electron chi connectivity index (χ4n) is 3.02. The Morgan fingerprint density at radius 1 is 1.24 bits per heavy atom. The zero-order chi connectivity index (χ0) is 17.6. The van der Waals surface area contributed by atoms with E-state index in [1.165, 1.54) is 0 Å². The van der Waals surface area contributed by atoms with E-state index in [1.807, 2.05) is 34.7 Å². The Morgan fingerprint density at radius 2 is 1.96 bits per heavy atom. The summed E-state index contributed by atoms with van der Waals surface area (Å²) in [5, 5.41) is 3.06. The number of methoxy groups -OCH3 is 1.